The molecule has 3 rings (SSSR count). The van der Waals surface area contributed by atoms with Crippen molar-refractivity contribution in [1.82, 2.24) is 9.97 Å². The summed E-state index contributed by atoms with van der Waals surface area (Å²) in [5.74, 6) is -3.00. The number of carbonyl (C=O) groups excluding carboxylic acids is 2. The van der Waals surface area contributed by atoms with Crippen molar-refractivity contribution >= 4 is 28.3 Å². The minimum absolute atomic E-state index is 0.0170. The molecule has 0 bridgehead atoms. The van der Waals surface area contributed by atoms with E-state index in [1.165, 1.54) is 42.7 Å². The van der Waals surface area contributed by atoms with Crippen molar-refractivity contribution < 1.29 is 23.1 Å². The molecule has 1 aromatic carbocycles. The predicted molar refractivity (Wildman–Crippen MR) is 94.8 cm³/mol. The number of hydrogen-bond donors (Lipinski definition) is 1. The van der Waals surface area contributed by atoms with Gasteiger partial charge in [0.1, 0.15) is 11.4 Å². The van der Waals surface area contributed by atoms with Gasteiger partial charge in [0, 0.05) is 17.5 Å². The number of esters is 1. The zero-order valence-electron chi connectivity index (χ0n) is 14.0. The van der Waals surface area contributed by atoms with Crippen LogP contribution in [0.1, 0.15) is 31.4 Å². The molecule has 0 saturated heterocycles. The molecule has 0 aliphatic rings. The third-order valence-corrected chi connectivity index (χ3v) is 4.43. The number of ether oxygens (including phenoxy) is 1. The van der Waals surface area contributed by atoms with Gasteiger partial charge in [-0.2, -0.15) is 0 Å². The van der Waals surface area contributed by atoms with Crippen LogP contribution < -0.4 is 5.32 Å². The van der Waals surface area contributed by atoms with Gasteiger partial charge < -0.3 is 4.74 Å². The molecule has 0 fully saturated rings. The van der Waals surface area contributed by atoms with Crippen molar-refractivity contribution in [2.24, 2.45) is 0 Å². The van der Waals surface area contributed by atoms with Crippen LogP contribution in [-0.2, 0) is 11.2 Å². The Morgan fingerprint density at radius 3 is 2.67 bits per heavy atom. The highest BCUT2D eigenvalue weighted by Gasteiger charge is 2.14. The maximum Gasteiger partial charge on any atom is 0.356 e. The number of aromatic nitrogens is 2. The monoisotopic (exact) mass is 389 g/mol. The van der Waals surface area contributed by atoms with Crippen molar-refractivity contribution in [2.45, 2.75) is 6.42 Å². The van der Waals surface area contributed by atoms with Crippen LogP contribution >= 0.6 is 11.3 Å². The molecule has 6 nitrogen and oxygen atoms in total. The van der Waals surface area contributed by atoms with Crippen molar-refractivity contribution in [3.05, 3.63) is 76.1 Å². The summed E-state index contributed by atoms with van der Waals surface area (Å²) in [6.07, 6.45) is 1.89. The first kappa shape index (κ1) is 18.6. The summed E-state index contributed by atoms with van der Waals surface area (Å²) in [4.78, 5) is 32.6. The number of amides is 1. The fourth-order valence-corrected chi connectivity index (χ4v) is 3.08. The zero-order valence-corrected chi connectivity index (χ0v) is 14.8. The van der Waals surface area contributed by atoms with E-state index in [0.29, 0.717) is 17.1 Å². The summed E-state index contributed by atoms with van der Waals surface area (Å²) in [6.45, 7) is 0. The van der Waals surface area contributed by atoms with Crippen molar-refractivity contribution in [1.29, 1.82) is 0 Å². The predicted octanol–water partition coefficient (Wildman–Crippen LogP) is 3.45. The van der Waals surface area contributed by atoms with Crippen LogP contribution in [0.25, 0.3) is 0 Å². The molecule has 9 heteroatoms. The first-order valence-corrected chi connectivity index (χ1v) is 8.53. The van der Waals surface area contributed by atoms with E-state index in [4.69, 9.17) is 0 Å². The van der Waals surface area contributed by atoms with Crippen LogP contribution in [0, 0.1) is 11.6 Å². The summed E-state index contributed by atoms with van der Waals surface area (Å²) in [6, 6.07) is 8.08. The highest BCUT2D eigenvalue weighted by Crippen LogP contribution is 2.22. The topological polar surface area (TPSA) is 81.2 Å². The van der Waals surface area contributed by atoms with Crippen molar-refractivity contribution in [3.63, 3.8) is 0 Å². The molecule has 0 unspecified atom stereocenters. The van der Waals surface area contributed by atoms with Crippen molar-refractivity contribution in [3.8, 4) is 0 Å². The maximum absolute atomic E-state index is 13.3. The number of pyridine rings is 1. The summed E-state index contributed by atoms with van der Waals surface area (Å²) in [5, 5.41) is 2.91. The van der Waals surface area contributed by atoms with E-state index >= 15 is 0 Å². The Balaban J connectivity index is 1.69. The van der Waals surface area contributed by atoms with Crippen LogP contribution in [0.15, 0.2) is 42.6 Å². The summed E-state index contributed by atoms with van der Waals surface area (Å²) in [7, 11) is 1.22. The molecule has 0 radical (unpaired) electrons. The average molecular weight is 389 g/mol. The smallest absolute Gasteiger partial charge is 0.356 e. The Bertz CT molecular complexity index is 1010. The number of carbonyl (C=O) groups is 2. The minimum atomic E-state index is -0.915. The molecule has 1 amide bonds. The summed E-state index contributed by atoms with van der Waals surface area (Å²) >= 11 is 1.20. The highest BCUT2D eigenvalue weighted by atomic mass is 32.1. The van der Waals surface area contributed by atoms with Gasteiger partial charge in [-0.1, -0.05) is 12.1 Å². The summed E-state index contributed by atoms with van der Waals surface area (Å²) in [5.41, 5.74) is 0.640. The lowest BCUT2D eigenvalue weighted by Gasteiger charge is -2.03. The highest BCUT2D eigenvalue weighted by molar-refractivity contribution is 7.15. The third-order valence-electron chi connectivity index (χ3n) is 3.51. The third kappa shape index (κ3) is 4.50. The van der Waals surface area contributed by atoms with Gasteiger partial charge in [0.05, 0.1) is 7.11 Å². The fraction of sp³-hybridized carbons (Fsp3) is 0.111. The maximum atomic E-state index is 13.3. The van der Waals surface area contributed by atoms with Crippen molar-refractivity contribution in [2.75, 3.05) is 12.4 Å². The molecule has 0 saturated carbocycles. The number of hydrogen-bond acceptors (Lipinski definition) is 6. The van der Waals surface area contributed by atoms with Crippen LogP contribution in [-0.4, -0.2) is 29.0 Å². The number of thiazole rings is 1. The SMILES string of the molecule is COC(=O)c1cccc(C(=O)Nc2ncc(Cc3ccc(F)c(F)c3)s2)n1. The van der Waals surface area contributed by atoms with Gasteiger partial charge in [-0.25, -0.2) is 23.5 Å². The number of rotatable bonds is 5. The van der Waals surface area contributed by atoms with Crippen LogP contribution in [0.3, 0.4) is 0 Å². The molecule has 3 aromatic rings. The molecule has 138 valence electrons. The van der Waals surface area contributed by atoms with E-state index in [-0.39, 0.29) is 11.4 Å². The fourth-order valence-electron chi connectivity index (χ4n) is 2.24. The van der Waals surface area contributed by atoms with Gasteiger partial charge in [-0.3, -0.25) is 10.1 Å². The second-order valence-electron chi connectivity index (χ2n) is 5.41. The molecular weight excluding hydrogens is 376 g/mol. The molecule has 1 N–H and O–H groups in total. The number of methoxy groups -OCH3 is 1. The zero-order chi connectivity index (χ0) is 19.4. The molecule has 0 spiro atoms. The normalized spacial score (nSPS) is 10.5. The lowest BCUT2D eigenvalue weighted by atomic mass is 10.1. The lowest BCUT2D eigenvalue weighted by molar-refractivity contribution is 0.0594. The van der Waals surface area contributed by atoms with Crippen LogP contribution in [0.5, 0.6) is 0 Å². The molecule has 0 aliphatic carbocycles. The molecule has 2 aromatic heterocycles. The Kier molecular flexibility index (Phi) is 5.51. The first-order chi connectivity index (χ1) is 13.0. The standard InChI is InChI=1S/C18H13F2N3O3S/c1-26-17(25)15-4-2-3-14(22-15)16(24)23-18-21-9-11(27-18)7-10-5-6-12(19)13(20)8-10/h2-6,8-9H,7H2,1H3,(H,21,23,24). The second kappa shape index (κ2) is 8.00. The van der Waals surface area contributed by atoms with Crippen LogP contribution in [0.4, 0.5) is 13.9 Å². The number of benzene rings is 1. The number of anilines is 1. The second-order valence-corrected chi connectivity index (χ2v) is 6.53. The molecule has 2 heterocycles. The van der Waals surface area contributed by atoms with Crippen LogP contribution in [0.2, 0.25) is 0 Å². The Labute approximate surface area is 156 Å². The molecule has 27 heavy (non-hydrogen) atoms. The molecule has 0 aliphatic heterocycles. The quantitative estimate of drug-likeness (QED) is 0.676. The number of nitrogens with one attached hydrogen (secondary N) is 1. The largest absolute Gasteiger partial charge is 0.464 e. The van der Waals surface area contributed by atoms with Gasteiger partial charge in [-0.15, -0.1) is 11.3 Å². The van der Waals surface area contributed by atoms with Gasteiger partial charge in [-0.05, 0) is 29.8 Å². The average Bonchev–Trinajstić information content (AvgIpc) is 3.11. The first-order valence-electron chi connectivity index (χ1n) is 7.71. The van der Waals surface area contributed by atoms with Gasteiger partial charge in [0.15, 0.2) is 16.8 Å². The molecule has 0 atom stereocenters. The Morgan fingerprint density at radius 2 is 1.93 bits per heavy atom. The number of nitrogens with zero attached hydrogens (tertiary/aromatic N) is 2. The van der Waals surface area contributed by atoms with Gasteiger partial charge in [0.2, 0.25) is 0 Å². The van der Waals surface area contributed by atoms with E-state index in [1.807, 2.05) is 0 Å². The van der Waals surface area contributed by atoms with E-state index in [1.54, 1.807) is 6.20 Å². The Hall–Kier alpha value is -3.20. The molecular formula is C18H13F2N3O3S. The van der Waals surface area contributed by atoms with E-state index in [0.717, 1.165) is 17.0 Å². The number of halogens is 2. The summed E-state index contributed by atoms with van der Waals surface area (Å²) < 4.78 is 30.8. The Morgan fingerprint density at radius 1 is 1.15 bits per heavy atom. The van der Waals surface area contributed by atoms with Gasteiger partial charge in [0.25, 0.3) is 5.91 Å². The minimum Gasteiger partial charge on any atom is -0.464 e. The van der Waals surface area contributed by atoms with E-state index in [9.17, 15) is 18.4 Å². The van der Waals surface area contributed by atoms with Gasteiger partial charge >= 0.3 is 5.97 Å². The lowest BCUT2D eigenvalue weighted by Crippen LogP contribution is -2.15. The van der Waals surface area contributed by atoms with E-state index < -0.39 is 23.5 Å². The van der Waals surface area contributed by atoms with E-state index in [2.05, 4.69) is 20.0 Å².